The molecule has 2 bridgehead atoms. The van der Waals surface area contributed by atoms with Gasteiger partial charge in [0.25, 0.3) is 5.19 Å². The van der Waals surface area contributed by atoms with Crippen molar-refractivity contribution in [2.75, 3.05) is 19.3 Å². The maximum Gasteiger partial charge on any atom is 0.281 e. The zero-order chi connectivity index (χ0) is 21.9. The summed E-state index contributed by atoms with van der Waals surface area (Å²) in [7, 11) is -3.15. The first-order valence-electron chi connectivity index (χ1n) is 10.5. The molecule has 0 aliphatic carbocycles. The van der Waals surface area contributed by atoms with Crippen LogP contribution in [0.5, 0.6) is 10.9 Å². The van der Waals surface area contributed by atoms with Crippen LogP contribution in [0.2, 0.25) is 0 Å². The lowest BCUT2D eigenvalue weighted by molar-refractivity contribution is 0.0185. The Labute approximate surface area is 189 Å². The molecule has 0 saturated carbocycles. The first-order chi connectivity index (χ1) is 15.4. The Bertz CT molecular complexity index is 1380. The van der Waals surface area contributed by atoms with Crippen LogP contribution in [0.1, 0.15) is 18.4 Å². The van der Waals surface area contributed by atoms with Gasteiger partial charge in [-0.2, -0.15) is 9.29 Å². The average molecular weight is 471 g/mol. The summed E-state index contributed by atoms with van der Waals surface area (Å²) in [5, 5.41) is 1.59. The highest BCUT2D eigenvalue weighted by Gasteiger charge is 2.42. The molecule has 6 heterocycles. The van der Waals surface area contributed by atoms with E-state index in [1.807, 2.05) is 30.3 Å². The molecule has 0 unspecified atom stereocenters. The van der Waals surface area contributed by atoms with Gasteiger partial charge in [0.15, 0.2) is 5.65 Å². The molecule has 10 heteroatoms. The zero-order valence-corrected chi connectivity index (χ0v) is 19.1. The first-order valence-corrected chi connectivity index (χ1v) is 13.2. The monoisotopic (exact) mass is 470 g/mol. The molecule has 1 aromatic carbocycles. The minimum absolute atomic E-state index is 0.0662. The average Bonchev–Trinajstić information content (AvgIpc) is 3.37. The predicted molar refractivity (Wildman–Crippen MR) is 122 cm³/mol. The Hall–Kier alpha value is -2.53. The van der Waals surface area contributed by atoms with Gasteiger partial charge in [0.1, 0.15) is 11.3 Å². The number of aromatic nitrogens is 2. The predicted octanol–water partition coefficient (Wildman–Crippen LogP) is 3.84. The number of thiazole rings is 1. The minimum Gasteiger partial charge on any atom is -0.464 e. The fourth-order valence-electron chi connectivity index (χ4n) is 4.84. The molecule has 3 aromatic heterocycles. The maximum atomic E-state index is 12.1. The molecule has 0 amide bonds. The topological polar surface area (TPSA) is 88.8 Å². The molecule has 7 rings (SSSR count). The number of pyridine rings is 1. The maximum absolute atomic E-state index is 12.1. The molecular weight excluding hydrogens is 448 g/mol. The SMILES string of the molecule is CS(=O)(=O)N1C[C@H]2CC[C@@H]1CN2Cc1coc2cc(Oc3nc4ncccc4s3)ccc12. The smallest absolute Gasteiger partial charge is 0.281 e. The van der Waals surface area contributed by atoms with Gasteiger partial charge < -0.3 is 9.15 Å². The number of hydrogen-bond donors (Lipinski definition) is 0. The first kappa shape index (κ1) is 20.1. The highest BCUT2D eigenvalue weighted by Crippen LogP contribution is 2.35. The second-order valence-electron chi connectivity index (χ2n) is 8.47. The van der Waals surface area contributed by atoms with Gasteiger partial charge in [0, 0.05) is 54.9 Å². The van der Waals surface area contributed by atoms with E-state index in [-0.39, 0.29) is 12.1 Å². The Morgan fingerprint density at radius 2 is 2.09 bits per heavy atom. The third-order valence-corrected chi connectivity index (χ3v) is 8.56. The summed E-state index contributed by atoms with van der Waals surface area (Å²) in [6, 6.07) is 9.98. The molecule has 0 radical (unpaired) electrons. The summed E-state index contributed by atoms with van der Waals surface area (Å²) in [6.45, 7) is 2.08. The van der Waals surface area contributed by atoms with Crippen molar-refractivity contribution in [3.05, 3.63) is 48.4 Å². The number of fused-ring (bicyclic) bond motifs is 5. The van der Waals surface area contributed by atoms with E-state index in [0.29, 0.717) is 23.1 Å². The van der Waals surface area contributed by atoms with E-state index in [1.54, 1.807) is 16.8 Å². The third-order valence-electron chi connectivity index (χ3n) is 6.37. The molecule has 3 saturated heterocycles. The summed E-state index contributed by atoms with van der Waals surface area (Å²) < 4.78 is 38.6. The van der Waals surface area contributed by atoms with E-state index in [0.717, 1.165) is 47.2 Å². The number of ether oxygens (including phenoxy) is 1. The molecule has 166 valence electrons. The molecule has 0 N–H and O–H groups in total. The van der Waals surface area contributed by atoms with Crippen LogP contribution in [0, 0.1) is 0 Å². The highest BCUT2D eigenvalue weighted by molar-refractivity contribution is 7.88. The summed E-state index contributed by atoms with van der Waals surface area (Å²) in [4.78, 5) is 11.1. The molecule has 3 fully saturated rings. The quantitative estimate of drug-likeness (QED) is 0.438. The summed E-state index contributed by atoms with van der Waals surface area (Å²) in [5.74, 6) is 0.665. The molecule has 32 heavy (non-hydrogen) atoms. The second kappa shape index (κ2) is 7.51. The number of hydrogen-bond acceptors (Lipinski definition) is 8. The summed E-state index contributed by atoms with van der Waals surface area (Å²) in [5.41, 5.74) is 2.55. The van der Waals surface area contributed by atoms with Crippen molar-refractivity contribution >= 4 is 42.7 Å². The fraction of sp³-hybridized carbons (Fsp3) is 0.364. The van der Waals surface area contributed by atoms with Gasteiger partial charge in [0.2, 0.25) is 10.0 Å². The van der Waals surface area contributed by atoms with Gasteiger partial charge in [-0.15, -0.1) is 0 Å². The Kier molecular flexibility index (Phi) is 4.72. The molecule has 2 atom stereocenters. The van der Waals surface area contributed by atoms with E-state index in [2.05, 4.69) is 14.9 Å². The molecule has 4 aromatic rings. The van der Waals surface area contributed by atoms with Gasteiger partial charge in [-0.3, -0.25) is 4.90 Å². The van der Waals surface area contributed by atoms with Crippen LogP contribution in [0.15, 0.2) is 47.2 Å². The lowest BCUT2D eigenvalue weighted by Gasteiger charge is -2.50. The summed E-state index contributed by atoms with van der Waals surface area (Å²) in [6.07, 6.45) is 6.79. The standard InChI is InChI=1S/C22H22N4O4S2/c1-32(27,28)26-12-15-4-5-16(26)11-25(15)10-14-13-29-19-9-17(6-7-18(14)19)30-22-24-21-20(31-22)3-2-8-23-21/h2-3,6-9,13,15-16H,4-5,10-12H2,1H3/t15-,16-/m1/s1. The number of nitrogens with zero attached hydrogens (tertiary/aromatic N) is 4. The zero-order valence-electron chi connectivity index (χ0n) is 17.5. The van der Waals surface area contributed by atoms with E-state index in [9.17, 15) is 8.42 Å². The van der Waals surface area contributed by atoms with Gasteiger partial charge in [0.05, 0.1) is 17.2 Å². The number of rotatable bonds is 5. The van der Waals surface area contributed by atoms with Crippen LogP contribution in [-0.4, -0.2) is 59.0 Å². The third kappa shape index (κ3) is 3.57. The Morgan fingerprint density at radius 1 is 1.22 bits per heavy atom. The van der Waals surface area contributed by atoms with Crippen molar-refractivity contribution in [2.24, 2.45) is 0 Å². The fourth-order valence-corrected chi connectivity index (χ4v) is 6.79. The Morgan fingerprint density at radius 3 is 2.88 bits per heavy atom. The van der Waals surface area contributed by atoms with Crippen LogP contribution < -0.4 is 4.74 Å². The van der Waals surface area contributed by atoms with Gasteiger partial charge >= 0.3 is 0 Å². The number of piperazine rings is 1. The number of piperidine rings is 2. The van der Waals surface area contributed by atoms with E-state index in [1.165, 1.54) is 17.6 Å². The second-order valence-corrected chi connectivity index (χ2v) is 11.4. The molecule has 0 spiro atoms. The number of sulfonamides is 1. The van der Waals surface area contributed by atoms with Crippen LogP contribution in [0.3, 0.4) is 0 Å². The van der Waals surface area contributed by atoms with Crippen molar-refractivity contribution in [1.82, 2.24) is 19.2 Å². The van der Waals surface area contributed by atoms with Gasteiger partial charge in [-0.1, -0.05) is 11.3 Å². The van der Waals surface area contributed by atoms with Crippen molar-refractivity contribution < 1.29 is 17.6 Å². The number of benzene rings is 1. The van der Waals surface area contributed by atoms with Crippen LogP contribution >= 0.6 is 11.3 Å². The normalized spacial score (nSPS) is 22.2. The van der Waals surface area contributed by atoms with Crippen molar-refractivity contribution in [1.29, 1.82) is 0 Å². The Balaban J connectivity index is 1.20. The highest BCUT2D eigenvalue weighted by atomic mass is 32.2. The van der Waals surface area contributed by atoms with Crippen molar-refractivity contribution in [3.8, 4) is 10.9 Å². The van der Waals surface area contributed by atoms with Gasteiger partial charge in [-0.05, 0) is 37.1 Å². The molecule has 8 nitrogen and oxygen atoms in total. The minimum atomic E-state index is -3.15. The molecular formula is C22H22N4O4S2. The van der Waals surface area contributed by atoms with Crippen LogP contribution in [-0.2, 0) is 16.6 Å². The lowest BCUT2D eigenvalue weighted by Crippen LogP contribution is -2.63. The molecule has 3 aliphatic rings. The van der Waals surface area contributed by atoms with Crippen molar-refractivity contribution in [3.63, 3.8) is 0 Å². The van der Waals surface area contributed by atoms with Crippen LogP contribution in [0.4, 0.5) is 0 Å². The van der Waals surface area contributed by atoms with Crippen molar-refractivity contribution in [2.45, 2.75) is 31.5 Å². The van der Waals surface area contributed by atoms with E-state index >= 15 is 0 Å². The number of furan rings is 1. The van der Waals surface area contributed by atoms with Crippen LogP contribution in [0.25, 0.3) is 21.3 Å². The lowest BCUT2D eigenvalue weighted by atomic mass is 9.92. The van der Waals surface area contributed by atoms with E-state index in [4.69, 9.17) is 9.15 Å². The van der Waals surface area contributed by atoms with E-state index < -0.39 is 10.0 Å². The summed E-state index contributed by atoms with van der Waals surface area (Å²) >= 11 is 1.45. The largest absolute Gasteiger partial charge is 0.464 e. The molecule has 3 aliphatic heterocycles. The van der Waals surface area contributed by atoms with Gasteiger partial charge in [-0.25, -0.2) is 13.4 Å².